The van der Waals surface area contributed by atoms with Crippen LogP contribution >= 0.6 is 0 Å². The molecule has 88 valence electrons. The van der Waals surface area contributed by atoms with Crippen LogP contribution in [0.1, 0.15) is 57.8 Å². The molecule has 0 aromatic carbocycles. The molecule has 1 unspecified atom stereocenters. The zero-order valence-electron chi connectivity index (χ0n) is 9.91. The van der Waals surface area contributed by atoms with Crippen LogP contribution < -0.4 is 5.43 Å². The Morgan fingerprint density at radius 3 is 2.56 bits per heavy atom. The van der Waals surface area contributed by atoms with E-state index in [1.807, 2.05) is 0 Å². The van der Waals surface area contributed by atoms with Crippen LogP contribution in [0.15, 0.2) is 5.10 Å². The average molecular weight is 219 g/mol. The monoisotopic (exact) mass is 219 g/mol. The molecular formula is C13H21N3. The summed E-state index contributed by atoms with van der Waals surface area (Å²) in [6.07, 6.45) is 10.9. The summed E-state index contributed by atoms with van der Waals surface area (Å²) in [6.45, 7) is 0. The van der Waals surface area contributed by atoms with Crippen LogP contribution in [-0.2, 0) is 0 Å². The molecule has 0 bridgehead atoms. The Morgan fingerprint density at radius 2 is 1.81 bits per heavy atom. The van der Waals surface area contributed by atoms with Gasteiger partial charge in [-0.3, -0.25) is 0 Å². The molecule has 1 N–H and O–H groups in total. The van der Waals surface area contributed by atoms with E-state index in [0.717, 1.165) is 18.6 Å². The number of nitrogens with zero attached hydrogens (tertiary/aromatic N) is 2. The summed E-state index contributed by atoms with van der Waals surface area (Å²) < 4.78 is 0. The molecule has 1 atom stereocenters. The smallest absolute Gasteiger partial charge is 0.0863 e. The van der Waals surface area contributed by atoms with Crippen LogP contribution in [-0.4, -0.2) is 11.8 Å². The van der Waals surface area contributed by atoms with E-state index in [1.54, 1.807) is 0 Å². The molecule has 0 saturated heterocycles. The summed E-state index contributed by atoms with van der Waals surface area (Å²) >= 11 is 0. The second-order valence-electron chi connectivity index (χ2n) is 4.99. The van der Waals surface area contributed by atoms with Gasteiger partial charge in [-0.15, -0.1) is 0 Å². The van der Waals surface area contributed by atoms with Crippen LogP contribution in [0.3, 0.4) is 0 Å². The highest BCUT2D eigenvalue weighted by atomic mass is 15.3. The van der Waals surface area contributed by atoms with Crippen molar-refractivity contribution in [3.63, 3.8) is 0 Å². The van der Waals surface area contributed by atoms with Crippen LogP contribution in [0, 0.1) is 17.2 Å². The zero-order chi connectivity index (χ0) is 11.2. The van der Waals surface area contributed by atoms with Crippen molar-refractivity contribution < 1.29 is 0 Å². The molecule has 2 fully saturated rings. The van der Waals surface area contributed by atoms with Gasteiger partial charge in [0.1, 0.15) is 0 Å². The van der Waals surface area contributed by atoms with Crippen molar-refractivity contribution >= 4 is 5.71 Å². The first-order valence-electron chi connectivity index (χ1n) is 6.62. The molecule has 0 heterocycles. The van der Waals surface area contributed by atoms with Gasteiger partial charge in [0.2, 0.25) is 0 Å². The molecule has 0 amide bonds. The second-order valence-corrected chi connectivity index (χ2v) is 4.99. The first-order valence-corrected chi connectivity index (χ1v) is 6.62. The second kappa shape index (κ2) is 5.89. The van der Waals surface area contributed by atoms with Gasteiger partial charge in [-0.05, 0) is 32.1 Å². The summed E-state index contributed by atoms with van der Waals surface area (Å²) in [5, 5.41) is 13.5. The number of nitrogens with one attached hydrogen (secondary N) is 1. The van der Waals surface area contributed by atoms with Crippen molar-refractivity contribution in [2.24, 2.45) is 11.0 Å². The fourth-order valence-electron chi connectivity index (χ4n) is 2.67. The van der Waals surface area contributed by atoms with E-state index in [0.29, 0.717) is 6.04 Å². The highest BCUT2D eigenvalue weighted by Gasteiger charge is 2.20. The number of hydrogen-bond acceptors (Lipinski definition) is 3. The predicted molar refractivity (Wildman–Crippen MR) is 65.0 cm³/mol. The third-order valence-corrected chi connectivity index (χ3v) is 3.73. The van der Waals surface area contributed by atoms with Gasteiger partial charge in [0, 0.05) is 6.04 Å². The van der Waals surface area contributed by atoms with E-state index in [9.17, 15) is 0 Å². The van der Waals surface area contributed by atoms with E-state index < -0.39 is 0 Å². The van der Waals surface area contributed by atoms with E-state index in [1.165, 1.54) is 44.9 Å². The predicted octanol–water partition coefficient (Wildman–Crippen LogP) is 2.98. The van der Waals surface area contributed by atoms with E-state index >= 15 is 0 Å². The maximum absolute atomic E-state index is 9.04. The quantitative estimate of drug-likeness (QED) is 0.726. The summed E-state index contributed by atoms with van der Waals surface area (Å²) in [6, 6.07) is 2.93. The Kier molecular flexibility index (Phi) is 4.21. The molecule has 2 aliphatic rings. The molecule has 0 aliphatic heterocycles. The average Bonchev–Trinajstić information content (AvgIpc) is 2.38. The van der Waals surface area contributed by atoms with Crippen molar-refractivity contribution in [2.45, 2.75) is 63.8 Å². The van der Waals surface area contributed by atoms with Gasteiger partial charge < -0.3 is 5.43 Å². The molecule has 0 aromatic rings. The largest absolute Gasteiger partial charge is 0.307 e. The Bertz CT molecular complexity index is 284. The minimum atomic E-state index is 0.0739. The van der Waals surface area contributed by atoms with Gasteiger partial charge in [0.05, 0.1) is 17.7 Å². The van der Waals surface area contributed by atoms with Crippen molar-refractivity contribution in [3.8, 4) is 6.07 Å². The Hall–Kier alpha value is -1.04. The van der Waals surface area contributed by atoms with Crippen LogP contribution in [0.4, 0.5) is 0 Å². The van der Waals surface area contributed by atoms with E-state index in [4.69, 9.17) is 5.26 Å². The summed E-state index contributed by atoms with van der Waals surface area (Å²) in [7, 11) is 0. The number of hydrazone groups is 1. The molecule has 0 aromatic heterocycles. The minimum Gasteiger partial charge on any atom is -0.307 e. The van der Waals surface area contributed by atoms with Crippen LogP contribution in [0.2, 0.25) is 0 Å². The Labute approximate surface area is 97.9 Å². The van der Waals surface area contributed by atoms with Gasteiger partial charge >= 0.3 is 0 Å². The molecule has 2 rings (SSSR count). The normalized spacial score (nSPS) is 29.9. The van der Waals surface area contributed by atoms with Crippen LogP contribution in [0.25, 0.3) is 0 Å². The molecule has 16 heavy (non-hydrogen) atoms. The van der Waals surface area contributed by atoms with Crippen molar-refractivity contribution in [1.29, 1.82) is 5.26 Å². The summed E-state index contributed by atoms with van der Waals surface area (Å²) in [4.78, 5) is 0. The van der Waals surface area contributed by atoms with Gasteiger partial charge in [-0.25, -0.2) is 0 Å². The molecule has 2 saturated carbocycles. The topological polar surface area (TPSA) is 48.2 Å². The van der Waals surface area contributed by atoms with Crippen molar-refractivity contribution in [2.75, 3.05) is 0 Å². The first kappa shape index (κ1) is 11.4. The zero-order valence-corrected chi connectivity index (χ0v) is 9.91. The van der Waals surface area contributed by atoms with E-state index in [-0.39, 0.29) is 5.92 Å². The molecule has 0 spiro atoms. The van der Waals surface area contributed by atoms with Gasteiger partial charge in [-0.2, -0.15) is 10.4 Å². The molecular weight excluding hydrogens is 198 g/mol. The number of rotatable bonds is 2. The maximum Gasteiger partial charge on any atom is 0.0863 e. The first-order chi connectivity index (χ1) is 7.90. The van der Waals surface area contributed by atoms with E-state index in [2.05, 4.69) is 16.6 Å². The van der Waals surface area contributed by atoms with Crippen molar-refractivity contribution in [1.82, 2.24) is 5.43 Å². The Balaban J connectivity index is 1.86. The maximum atomic E-state index is 9.04. The number of hydrogen-bond donors (Lipinski definition) is 1. The summed E-state index contributed by atoms with van der Waals surface area (Å²) in [5.41, 5.74) is 4.39. The molecule has 3 nitrogen and oxygen atoms in total. The third kappa shape index (κ3) is 2.98. The van der Waals surface area contributed by atoms with Gasteiger partial charge in [0.15, 0.2) is 0 Å². The number of nitriles is 1. The SMILES string of the molecule is N#CC1CCCCC1=NNC1CCCCC1. The molecule has 0 radical (unpaired) electrons. The van der Waals surface area contributed by atoms with Crippen LogP contribution in [0.5, 0.6) is 0 Å². The minimum absolute atomic E-state index is 0.0739. The standard InChI is InChI=1S/C13H21N3/c14-10-11-6-4-5-9-13(11)16-15-12-7-2-1-3-8-12/h11-12,15H,1-9H2. The van der Waals surface area contributed by atoms with Gasteiger partial charge in [-0.1, -0.05) is 25.7 Å². The third-order valence-electron chi connectivity index (χ3n) is 3.73. The van der Waals surface area contributed by atoms with Crippen molar-refractivity contribution in [3.05, 3.63) is 0 Å². The fraction of sp³-hybridized carbons (Fsp3) is 0.846. The lowest BCUT2D eigenvalue weighted by Gasteiger charge is -2.23. The lowest BCUT2D eigenvalue weighted by Crippen LogP contribution is -2.30. The summed E-state index contributed by atoms with van der Waals surface area (Å²) in [5.74, 6) is 0.0739. The lowest BCUT2D eigenvalue weighted by molar-refractivity contribution is 0.378. The highest BCUT2D eigenvalue weighted by Crippen LogP contribution is 2.22. The molecule has 2 aliphatic carbocycles. The highest BCUT2D eigenvalue weighted by molar-refractivity contribution is 5.89. The molecule has 3 heteroatoms. The fourth-order valence-corrected chi connectivity index (χ4v) is 2.67. The lowest BCUT2D eigenvalue weighted by atomic mass is 9.88. The Morgan fingerprint density at radius 1 is 1.06 bits per heavy atom. The van der Waals surface area contributed by atoms with Gasteiger partial charge in [0.25, 0.3) is 0 Å².